The lowest BCUT2D eigenvalue weighted by molar-refractivity contribution is 0.323. The van der Waals surface area contributed by atoms with Gasteiger partial charge in [-0.15, -0.1) is 0 Å². The van der Waals surface area contributed by atoms with Gasteiger partial charge in [-0.3, -0.25) is 0 Å². The van der Waals surface area contributed by atoms with Gasteiger partial charge in [0.05, 0.1) is 0 Å². The van der Waals surface area contributed by atoms with Gasteiger partial charge in [0, 0.05) is 0 Å². The molecule has 0 saturated heterocycles. The Morgan fingerprint density at radius 2 is 1.44 bits per heavy atom. The van der Waals surface area contributed by atoms with Crippen molar-refractivity contribution in [3.8, 4) is 0 Å². The average molecular weight is 214 g/mol. The van der Waals surface area contributed by atoms with E-state index in [1.807, 2.05) is 43.4 Å². The van der Waals surface area contributed by atoms with Crippen molar-refractivity contribution in [2.75, 3.05) is 0 Å². The molecule has 0 aromatic rings. The summed E-state index contributed by atoms with van der Waals surface area (Å²) in [7, 11) is 0. The van der Waals surface area contributed by atoms with Crippen LogP contribution in [0.25, 0.3) is 0 Å². The number of hydrogen-bond donors (Lipinski definition) is 0. The molecule has 0 aromatic carbocycles. The lowest BCUT2D eigenvalue weighted by Gasteiger charge is -2.04. The Morgan fingerprint density at radius 1 is 0.875 bits per heavy atom. The predicted octanol–water partition coefficient (Wildman–Crippen LogP) is 4.46. The smallest absolute Gasteiger partial charge is 0.126 e. The standard InChI is InChI=1S/C15H18O/c1-5-8-10-12-14(4)16-15(7-3)13-11-9-6-2/h5-13H,1-3H2,4H3/b10-8-,11-9-,14-12+,15-13+. The summed E-state index contributed by atoms with van der Waals surface area (Å²) in [5.74, 6) is 1.48. The predicted molar refractivity (Wildman–Crippen MR) is 71.8 cm³/mol. The van der Waals surface area contributed by atoms with E-state index in [9.17, 15) is 0 Å². The number of ether oxygens (including phenoxy) is 1. The van der Waals surface area contributed by atoms with Gasteiger partial charge < -0.3 is 4.74 Å². The normalized spacial score (nSPS) is 13.1. The van der Waals surface area contributed by atoms with Crippen molar-refractivity contribution in [1.82, 2.24) is 0 Å². The molecule has 0 amide bonds. The third-order valence-corrected chi connectivity index (χ3v) is 1.57. The fourth-order valence-corrected chi connectivity index (χ4v) is 0.862. The average Bonchev–Trinajstić information content (AvgIpc) is 2.28. The van der Waals surface area contributed by atoms with Crippen LogP contribution >= 0.6 is 0 Å². The summed E-state index contributed by atoms with van der Waals surface area (Å²) in [5.41, 5.74) is 0. The summed E-state index contributed by atoms with van der Waals surface area (Å²) >= 11 is 0. The molecular formula is C15H18O. The van der Waals surface area contributed by atoms with Gasteiger partial charge in [-0.2, -0.15) is 0 Å². The molecule has 0 rings (SSSR count). The Morgan fingerprint density at radius 3 is 1.94 bits per heavy atom. The van der Waals surface area contributed by atoms with E-state index in [1.54, 1.807) is 18.2 Å². The molecule has 0 radical (unpaired) electrons. The molecule has 0 atom stereocenters. The molecule has 16 heavy (non-hydrogen) atoms. The second-order valence-electron chi connectivity index (χ2n) is 2.89. The molecule has 0 N–H and O–H groups in total. The van der Waals surface area contributed by atoms with Crippen LogP contribution in [0.15, 0.2) is 85.9 Å². The highest BCUT2D eigenvalue weighted by atomic mass is 16.5. The quantitative estimate of drug-likeness (QED) is 0.449. The molecule has 0 unspecified atom stereocenters. The fraction of sp³-hybridized carbons (Fsp3) is 0.0667. The molecule has 0 bridgehead atoms. The molecule has 0 spiro atoms. The summed E-state index contributed by atoms with van der Waals surface area (Å²) in [6.45, 7) is 12.7. The lowest BCUT2D eigenvalue weighted by Crippen LogP contribution is -1.85. The van der Waals surface area contributed by atoms with Crippen molar-refractivity contribution in [3.05, 3.63) is 85.9 Å². The number of rotatable bonds is 7. The van der Waals surface area contributed by atoms with Crippen LogP contribution < -0.4 is 0 Å². The van der Waals surface area contributed by atoms with E-state index < -0.39 is 0 Å². The molecule has 0 saturated carbocycles. The molecule has 0 fully saturated rings. The van der Waals surface area contributed by atoms with Gasteiger partial charge >= 0.3 is 0 Å². The Labute approximate surface area is 98.1 Å². The summed E-state index contributed by atoms with van der Waals surface area (Å²) in [6.07, 6.45) is 16.1. The van der Waals surface area contributed by atoms with Crippen molar-refractivity contribution < 1.29 is 4.74 Å². The summed E-state index contributed by atoms with van der Waals surface area (Å²) < 4.78 is 5.53. The minimum absolute atomic E-state index is 0.693. The van der Waals surface area contributed by atoms with Crippen molar-refractivity contribution in [2.24, 2.45) is 0 Å². The first-order chi connectivity index (χ1) is 7.74. The molecule has 1 nitrogen and oxygen atoms in total. The highest BCUT2D eigenvalue weighted by Gasteiger charge is 1.91. The van der Waals surface area contributed by atoms with E-state index in [1.165, 1.54) is 0 Å². The first kappa shape index (κ1) is 14.0. The molecule has 0 heterocycles. The van der Waals surface area contributed by atoms with Crippen LogP contribution in [0.5, 0.6) is 0 Å². The molecule has 84 valence electrons. The van der Waals surface area contributed by atoms with Crippen molar-refractivity contribution in [2.45, 2.75) is 6.92 Å². The Kier molecular flexibility index (Phi) is 8.33. The first-order valence-corrected chi connectivity index (χ1v) is 5.00. The topological polar surface area (TPSA) is 9.23 Å². The zero-order valence-electron chi connectivity index (χ0n) is 9.73. The van der Waals surface area contributed by atoms with Crippen LogP contribution in [0.1, 0.15) is 6.92 Å². The van der Waals surface area contributed by atoms with E-state index in [-0.39, 0.29) is 0 Å². The third-order valence-electron chi connectivity index (χ3n) is 1.57. The molecule has 1 heteroatoms. The van der Waals surface area contributed by atoms with Crippen LogP contribution in [0, 0.1) is 0 Å². The van der Waals surface area contributed by atoms with Gasteiger partial charge in [0.25, 0.3) is 0 Å². The van der Waals surface area contributed by atoms with E-state index in [0.717, 1.165) is 5.76 Å². The van der Waals surface area contributed by atoms with E-state index in [0.29, 0.717) is 5.76 Å². The van der Waals surface area contributed by atoms with E-state index in [2.05, 4.69) is 19.7 Å². The second-order valence-corrected chi connectivity index (χ2v) is 2.89. The van der Waals surface area contributed by atoms with Crippen LogP contribution in [0.2, 0.25) is 0 Å². The maximum absolute atomic E-state index is 5.53. The second kappa shape index (κ2) is 9.53. The van der Waals surface area contributed by atoms with Crippen LogP contribution in [-0.4, -0.2) is 0 Å². The minimum Gasteiger partial charge on any atom is -0.462 e. The zero-order chi connectivity index (χ0) is 12.2. The number of allylic oxidation sites excluding steroid dienone is 10. The zero-order valence-corrected chi connectivity index (χ0v) is 9.73. The largest absolute Gasteiger partial charge is 0.462 e. The van der Waals surface area contributed by atoms with Crippen LogP contribution in [0.4, 0.5) is 0 Å². The lowest BCUT2D eigenvalue weighted by atomic mass is 10.3. The van der Waals surface area contributed by atoms with Crippen LogP contribution in [0.3, 0.4) is 0 Å². The maximum Gasteiger partial charge on any atom is 0.126 e. The van der Waals surface area contributed by atoms with Gasteiger partial charge in [-0.1, -0.05) is 56.2 Å². The molecule has 0 aliphatic heterocycles. The molecule has 0 aromatic heterocycles. The maximum atomic E-state index is 5.53. The number of hydrogen-bond acceptors (Lipinski definition) is 1. The van der Waals surface area contributed by atoms with Gasteiger partial charge in [0.1, 0.15) is 11.5 Å². The molecule has 0 aliphatic rings. The SMILES string of the molecule is C=C/C=C\C=C(/C)O/C(C=C)=C/C=C\C=C. The highest BCUT2D eigenvalue weighted by molar-refractivity contribution is 5.21. The third kappa shape index (κ3) is 7.39. The summed E-state index contributed by atoms with van der Waals surface area (Å²) in [6, 6.07) is 0. The Bertz CT molecular complexity index is 352. The van der Waals surface area contributed by atoms with Crippen molar-refractivity contribution >= 4 is 0 Å². The summed E-state index contributed by atoms with van der Waals surface area (Å²) in [4.78, 5) is 0. The molecule has 0 aliphatic carbocycles. The van der Waals surface area contributed by atoms with E-state index >= 15 is 0 Å². The van der Waals surface area contributed by atoms with E-state index in [4.69, 9.17) is 4.74 Å². The monoisotopic (exact) mass is 214 g/mol. The molecular weight excluding hydrogens is 196 g/mol. The minimum atomic E-state index is 0.693. The van der Waals surface area contributed by atoms with Gasteiger partial charge in [0.2, 0.25) is 0 Å². The Balaban J connectivity index is 4.47. The van der Waals surface area contributed by atoms with Gasteiger partial charge in [-0.25, -0.2) is 0 Å². The van der Waals surface area contributed by atoms with Gasteiger partial charge in [0.15, 0.2) is 0 Å². The highest BCUT2D eigenvalue weighted by Crippen LogP contribution is 2.07. The Hall–Kier alpha value is -2.02. The van der Waals surface area contributed by atoms with Crippen LogP contribution in [-0.2, 0) is 4.74 Å². The summed E-state index contributed by atoms with van der Waals surface area (Å²) in [5, 5.41) is 0. The van der Waals surface area contributed by atoms with Crippen molar-refractivity contribution in [1.29, 1.82) is 0 Å². The fourth-order valence-electron chi connectivity index (χ4n) is 0.862. The van der Waals surface area contributed by atoms with Crippen molar-refractivity contribution in [3.63, 3.8) is 0 Å². The van der Waals surface area contributed by atoms with Gasteiger partial charge in [-0.05, 0) is 25.2 Å². The first-order valence-electron chi connectivity index (χ1n) is 5.00.